The van der Waals surface area contributed by atoms with Crippen molar-refractivity contribution in [2.75, 3.05) is 6.61 Å². The molecule has 1 aromatic carbocycles. The summed E-state index contributed by atoms with van der Waals surface area (Å²) in [4.78, 5) is 11.5. The van der Waals surface area contributed by atoms with Crippen LogP contribution in [-0.2, 0) is 10.9 Å². The third kappa shape index (κ3) is 3.13. The Morgan fingerprint density at radius 2 is 2.11 bits per heavy atom. The minimum Gasteiger partial charge on any atom is -0.462 e. The van der Waals surface area contributed by atoms with Gasteiger partial charge in [0.1, 0.15) is 6.07 Å². The Hall–Kier alpha value is -1.30. The average Bonchev–Trinajstić information content (AvgIpc) is 2.27. The van der Waals surface area contributed by atoms with Gasteiger partial charge >= 0.3 is 12.1 Å². The molecule has 1 rings (SSSR count). The zero-order valence-corrected chi connectivity index (χ0v) is 11.3. The highest BCUT2D eigenvalue weighted by atomic mass is 127. The Morgan fingerprint density at radius 1 is 1.50 bits per heavy atom. The van der Waals surface area contributed by atoms with Crippen LogP contribution in [0, 0.1) is 14.9 Å². The maximum atomic E-state index is 12.6. The number of alkyl halides is 3. The van der Waals surface area contributed by atoms with Gasteiger partial charge in [-0.05, 0) is 41.6 Å². The lowest BCUT2D eigenvalue weighted by Crippen LogP contribution is -2.13. The lowest BCUT2D eigenvalue weighted by Gasteiger charge is -2.11. The molecule has 0 fully saturated rings. The van der Waals surface area contributed by atoms with Crippen LogP contribution in [0.25, 0.3) is 0 Å². The summed E-state index contributed by atoms with van der Waals surface area (Å²) in [7, 11) is 0. The third-order valence-electron chi connectivity index (χ3n) is 2.03. The number of halogens is 4. The van der Waals surface area contributed by atoms with Crippen molar-refractivity contribution >= 4 is 28.6 Å². The Labute approximate surface area is 115 Å². The highest BCUT2D eigenvalue weighted by Crippen LogP contribution is 2.34. The lowest BCUT2D eigenvalue weighted by atomic mass is 10.0. The van der Waals surface area contributed by atoms with Crippen LogP contribution in [-0.4, -0.2) is 12.6 Å². The number of rotatable bonds is 2. The molecule has 0 aliphatic heterocycles. The number of esters is 1. The first-order chi connectivity index (χ1) is 8.31. The standard InChI is InChI=1S/C11H7F3INO2/c1-2-18-10(17)7-4-9(15)8(11(12,13)14)3-6(7)5-16/h3-4H,2H2,1H3. The summed E-state index contributed by atoms with van der Waals surface area (Å²) >= 11 is 1.47. The molecule has 0 saturated heterocycles. The maximum absolute atomic E-state index is 12.6. The molecule has 0 aliphatic carbocycles. The molecule has 0 aromatic heterocycles. The van der Waals surface area contributed by atoms with Gasteiger partial charge in [-0.2, -0.15) is 18.4 Å². The van der Waals surface area contributed by atoms with E-state index >= 15 is 0 Å². The van der Waals surface area contributed by atoms with E-state index in [2.05, 4.69) is 4.74 Å². The Bertz CT molecular complexity index is 520. The van der Waals surface area contributed by atoms with E-state index in [-0.39, 0.29) is 21.3 Å². The minimum absolute atomic E-state index is 0.0846. The van der Waals surface area contributed by atoms with Crippen molar-refractivity contribution in [3.63, 3.8) is 0 Å². The van der Waals surface area contributed by atoms with E-state index in [1.165, 1.54) is 22.6 Å². The molecule has 7 heteroatoms. The molecule has 0 radical (unpaired) electrons. The molecule has 0 spiro atoms. The molecular weight excluding hydrogens is 362 g/mol. The fourth-order valence-corrected chi connectivity index (χ4v) is 2.03. The van der Waals surface area contributed by atoms with E-state index in [9.17, 15) is 18.0 Å². The normalized spacial score (nSPS) is 10.9. The highest BCUT2D eigenvalue weighted by molar-refractivity contribution is 14.1. The van der Waals surface area contributed by atoms with E-state index in [0.29, 0.717) is 6.07 Å². The molecule has 3 nitrogen and oxygen atoms in total. The van der Waals surface area contributed by atoms with E-state index in [1.807, 2.05) is 0 Å². The van der Waals surface area contributed by atoms with Crippen LogP contribution in [0.1, 0.15) is 28.4 Å². The highest BCUT2D eigenvalue weighted by Gasteiger charge is 2.34. The molecule has 0 unspecified atom stereocenters. The number of nitrogens with zero attached hydrogens (tertiary/aromatic N) is 1. The number of benzene rings is 1. The van der Waals surface area contributed by atoms with Crippen molar-refractivity contribution in [3.05, 3.63) is 32.4 Å². The number of hydrogen-bond donors (Lipinski definition) is 0. The summed E-state index contributed by atoms with van der Waals surface area (Å²) in [6.45, 7) is 1.65. The summed E-state index contributed by atoms with van der Waals surface area (Å²) in [5.74, 6) is -0.805. The first kappa shape index (κ1) is 14.8. The van der Waals surface area contributed by atoms with Crippen LogP contribution in [0.5, 0.6) is 0 Å². The second kappa shape index (κ2) is 5.56. The van der Waals surface area contributed by atoms with Crippen molar-refractivity contribution in [3.8, 4) is 6.07 Å². The van der Waals surface area contributed by atoms with Crippen LogP contribution in [0.3, 0.4) is 0 Å². The second-order valence-electron chi connectivity index (χ2n) is 3.21. The Balaban J connectivity index is 3.38. The van der Waals surface area contributed by atoms with Crippen molar-refractivity contribution in [2.24, 2.45) is 0 Å². The summed E-state index contributed by atoms with van der Waals surface area (Å²) < 4.78 is 42.4. The van der Waals surface area contributed by atoms with Gasteiger partial charge in [0.05, 0.1) is 23.3 Å². The summed E-state index contributed by atoms with van der Waals surface area (Å²) in [5, 5.41) is 8.79. The zero-order valence-electron chi connectivity index (χ0n) is 9.14. The topological polar surface area (TPSA) is 50.1 Å². The maximum Gasteiger partial charge on any atom is 0.417 e. The SMILES string of the molecule is CCOC(=O)c1cc(I)c(C(F)(F)F)cc1C#N. The Kier molecular flexibility index (Phi) is 4.56. The molecule has 0 saturated carbocycles. The quantitative estimate of drug-likeness (QED) is 0.594. The van der Waals surface area contributed by atoms with Gasteiger partial charge < -0.3 is 4.74 Å². The van der Waals surface area contributed by atoms with Gasteiger partial charge in [-0.25, -0.2) is 4.79 Å². The van der Waals surface area contributed by atoms with Crippen LogP contribution in [0.4, 0.5) is 13.2 Å². The van der Waals surface area contributed by atoms with Gasteiger partial charge in [0.15, 0.2) is 0 Å². The van der Waals surface area contributed by atoms with Gasteiger partial charge in [0, 0.05) is 3.57 Å². The van der Waals surface area contributed by atoms with E-state index < -0.39 is 17.7 Å². The fourth-order valence-electron chi connectivity index (χ4n) is 1.26. The monoisotopic (exact) mass is 369 g/mol. The minimum atomic E-state index is -4.56. The molecule has 0 N–H and O–H groups in total. The van der Waals surface area contributed by atoms with Crippen LogP contribution in [0.15, 0.2) is 12.1 Å². The van der Waals surface area contributed by atoms with Gasteiger partial charge in [0.2, 0.25) is 0 Å². The molecule has 96 valence electrons. The smallest absolute Gasteiger partial charge is 0.417 e. The molecular formula is C11H7F3INO2. The average molecular weight is 369 g/mol. The summed E-state index contributed by atoms with van der Waals surface area (Å²) in [6, 6.07) is 3.24. The third-order valence-corrected chi connectivity index (χ3v) is 2.92. The Morgan fingerprint density at radius 3 is 2.56 bits per heavy atom. The van der Waals surface area contributed by atoms with Gasteiger partial charge in [0.25, 0.3) is 0 Å². The fraction of sp³-hybridized carbons (Fsp3) is 0.273. The number of carbonyl (C=O) groups is 1. The molecule has 0 bridgehead atoms. The van der Waals surface area contributed by atoms with Gasteiger partial charge in [-0.3, -0.25) is 0 Å². The largest absolute Gasteiger partial charge is 0.462 e. The van der Waals surface area contributed by atoms with Crippen LogP contribution < -0.4 is 0 Å². The number of ether oxygens (including phenoxy) is 1. The van der Waals surface area contributed by atoms with Crippen LogP contribution in [0.2, 0.25) is 0 Å². The number of nitriles is 1. The lowest BCUT2D eigenvalue weighted by molar-refractivity contribution is -0.138. The number of carbonyl (C=O) groups excluding carboxylic acids is 1. The summed E-state index contributed by atoms with van der Waals surface area (Å²) in [5.41, 5.74) is -1.44. The van der Waals surface area contributed by atoms with Crippen LogP contribution >= 0.6 is 22.6 Å². The predicted octanol–water partition coefficient (Wildman–Crippen LogP) is 3.36. The molecule has 1 aromatic rings. The summed E-state index contributed by atoms with van der Waals surface area (Å²) in [6.07, 6.45) is -4.56. The molecule has 0 atom stereocenters. The van der Waals surface area contributed by atoms with Gasteiger partial charge in [-0.1, -0.05) is 0 Å². The van der Waals surface area contributed by atoms with Crippen molar-refractivity contribution in [1.82, 2.24) is 0 Å². The first-order valence-corrected chi connectivity index (χ1v) is 5.87. The van der Waals surface area contributed by atoms with Gasteiger partial charge in [-0.15, -0.1) is 0 Å². The zero-order chi connectivity index (χ0) is 13.9. The van der Waals surface area contributed by atoms with E-state index in [4.69, 9.17) is 5.26 Å². The van der Waals surface area contributed by atoms with E-state index in [1.54, 1.807) is 13.0 Å². The second-order valence-corrected chi connectivity index (χ2v) is 4.37. The van der Waals surface area contributed by atoms with E-state index in [0.717, 1.165) is 6.07 Å². The van der Waals surface area contributed by atoms with Crippen molar-refractivity contribution in [2.45, 2.75) is 13.1 Å². The first-order valence-electron chi connectivity index (χ1n) is 4.79. The molecule has 0 aliphatic rings. The van der Waals surface area contributed by atoms with Crippen molar-refractivity contribution < 1.29 is 22.7 Å². The number of hydrogen-bond acceptors (Lipinski definition) is 3. The van der Waals surface area contributed by atoms with Crippen molar-refractivity contribution in [1.29, 1.82) is 5.26 Å². The predicted molar refractivity (Wildman–Crippen MR) is 64.8 cm³/mol. The molecule has 0 amide bonds. The molecule has 0 heterocycles. The molecule has 18 heavy (non-hydrogen) atoms.